The van der Waals surface area contributed by atoms with Crippen molar-refractivity contribution in [2.24, 2.45) is 18.9 Å². The van der Waals surface area contributed by atoms with Gasteiger partial charge >= 0.3 is 0 Å². The van der Waals surface area contributed by atoms with E-state index in [1.54, 1.807) is 7.11 Å². The molecule has 1 amide bonds. The fraction of sp³-hybridized carbons (Fsp3) is 0.405. The third-order valence-corrected chi connectivity index (χ3v) is 9.83. The summed E-state index contributed by atoms with van der Waals surface area (Å²) in [6.07, 6.45) is 4.79. The number of aliphatic hydroxyl groups excluding tert-OH is 2. The summed E-state index contributed by atoms with van der Waals surface area (Å²) < 4.78 is 10.4. The minimum atomic E-state index is -0.923. The fourth-order valence-corrected chi connectivity index (χ4v) is 7.09. The van der Waals surface area contributed by atoms with E-state index < -0.39 is 6.10 Å². The Labute approximate surface area is 263 Å². The molecule has 0 radical (unpaired) electrons. The molecular formula is C37H42N4O4. The number of para-hydroxylation sites is 1. The number of carbonyl (C=O) groups is 1. The van der Waals surface area contributed by atoms with Gasteiger partial charge in [-0.2, -0.15) is 0 Å². The van der Waals surface area contributed by atoms with E-state index in [2.05, 4.69) is 46.4 Å². The molecule has 1 unspecified atom stereocenters. The van der Waals surface area contributed by atoms with Crippen LogP contribution in [0.3, 0.4) is 0 Å². The number of rotatable bonds is 9. The Morgan fingerprint density at radius 1 is 1.04 bits per heavy atom. The molecule has 7 rings (SSSR count). The maximum Gasteiger partial charge on any atom is 0.254 e. The van der Waals surface area contributed by atoms with Crippen LogP contribution in [0.4, 0.5) is 0 Å². The number of aliphatic hydroxyl groups is 2. The molecule has 2 N–H and O–H groups in total. The van der Waals surface area contributed by atoms with Gasteiger partial charge in [-0.05, 0) is 72.9 Å². The summed E-state index contributed by atoms with van der Waals surface area (Å²) in [7, 11) is 3.67. The van der Waals surface area contributed by atoms with Gasteiger partial charge in [0.1, 0.15) is 17.4 Å². The Kier molecular flexibility index (Phi) is 7.88. The third-order valence-electron chi connectivity index (χ3n) is 9.83. The van der Waals surface area contributed by atoms with Crippen LogP contribution in [-0.2, 0) is 13.6 Å². The predicted molar refractivity (Wildman–Crippen MR) is 177 cm³/mol. The molecule has 3 heterocycles. The van der Waals surface area contributed by atoms with Crippen LogP contribution >= 0.6 is 0 Å². The molecule has 234 valence electrons. The third kappa shape index (κ3) is 5.40. The molecule has 2 aliphatic rings. The smallest absolute Gasteiger partial charge is 0.254 e. The van der Waals surface area contributed by atoms with Crippen molar-refractivity contribution in [2.45, 2.75) is 51.7 Å². The Bertz CT molecular complexity index is 1880. The molecule has 0 spiro atoms. The summed E-state index contributed by atoms with van der Waals surface area (Å²) in [5, 5.41) is 21.0. The van der Waals surface area contributed by atoms with E-state index in [9.17, 15) is 15.0 Å². The van der Waals surface area contributed by atoms with E-state index in [0.29, 0.717) is 28.7 Å². The van der Waals surface area contributed by atoms with Crippen LogP contribution < -0.4 is 4.74 Å². The van der Waals surface area contributed by atoms with Crippen LogP contribution in [0, 0.1) is 11.8 Å². The van der Waals surface area contributed by atoms with Gasteiger partial charge in [0.2, 0.25) is 0 Å². The summed E-state index contributed by atoms with van der Waals surface area (Å²) in [6, 6.07) is 20.1. The number of aromatic nitrogens is 3. The lowest BCUT2D eigenvalue weighted by molar-refractivity contribution is 0.0671. The summed E-state index contributed by atoms with van der Waals surface area (Å²) in [5.41, 5.74) is 7.12. The van der Waals surface area contributed by atoms with E-state index in [1.165, 1.54) is 19.3 Å². The number of imidazole rings is 1. The number of fused-ring (bicyclic) bond motifs is 2. The number of aryl methyl sites for hydroxylation is 1. The van der Waals surface area contributed by atoms with Gasteiger partial charge in [0.25, 0.3) is 5.91 Å². The summed E-state index contributed by atoms with van der Waals surface area (Å²) in [4.78, 5) is 20.9. The minimum Gasteiger partial charge on any atom is -0.494 e. The second-order valence-corrected chi connectivity index (χ2v) is 12.9. The Morgan fingerprint density at radius 3 is 2.62 bits per heavy atom. The zero-order valence-electron chi connectivity index (χ0n) is 26.4. The number of amides is 1. The molecule has 1 aliphatic heterocycles. The number of benzene rings is 3. The largest absolute Gasteiger partial charge is 0.494 e. The van der Waals surface area contributed by atoms with Crippen LogP contribution in [-0.4, -0.2) is 61.9 Å². The highest BCUT2D eigenvalue weighted by Gasteiger charge is 2.29. The van der Waals surface area contributed by atoms with Gasteiger partial charge in [0, 0.05) is 43.2 Å². The molecule has 2 aromatic heterocycles. The van der Waals surface area contributed by atoms with Crippen molar-refractivity contribution in [3.63, 3.8) is 0 Å². The molecule has 8 heteroatoms. The quantitative estimate of drug-likeness (QED) is 0.198. The first-order valence-electron chi connectivity index (χ1n) is 16.3. The second-order valence-electron chi connectivity index (χ2n) is 12.9. The van der Waals surface area contributed by atoms with E-state index in [-0.39, 0.29) is 12.5 Å². The zero-order valence-corrected chi connectivity index (χ0v) is 26.4. The molecule has 0 bridgehead atoms. The van der Waals surface area contributed by atoms with Crippen molar-refractivity contribution in [2.75, 3.05) is 26.8 Å². The number of methoxy groups -OCH3 is 1. The average Bonchev–Trinajstić information content (AvgIpc) is 3.75. The number of likely N-dealkylation sites (tertiary alicyclic amines) is 1. The molecule has 1 saturated heterocycles. The van der Waals surface area contributed by atoms with Crippen LogP contribution in [0.1, 0.15) is 61.1 Å². The molecule has 8 nitrogen and oxygen atoms in total. The van der Waals surface area contributed by atoms with Crippen molar-refractivity contribution in [3.8, 4) is 28.4 Å². The van der Waals surface area contributed by atoms with Crippen molar-refractivity contribution >= 4 is 27.8 Å². The van der Waals surface area contributed by atoms with E-state index in [0.717, 1.165) is 77.1 Å². The molecule has 45 heavy (non-hydrogen) atoms. The monoisotopic (exact) mass is 606 g/mol. The predicted octanol–water partition coefficient (Wildman–Crippen LogP) is 6.57. The SMILES string of the molecule is CC[C@@H]1CCCN(C(=O)c2cc(OC)c3c(c2)nc(-c2cc4cccc(-c5cccc(C(O)CO)c5)c4n2CC2CC2)n3C)C1. The Morgan fingerprint density at radius 2 is 1.87 bits per heavy atom. The number of carbonyl (C=O) groups excluding carboxylic acids is 1. The fourth-order valence-electron chi connectivity index (χ4n) is 7.09. The highest BCUT2D eigenvalue weighted by atomic mass is 16.5. The Hall–Kier alpha value is -4.14. The van der Waals surface area contributed by atoms with Crippen molar-refractivity contribution in [1.29, 1.82) is 0 Å². The van der Waals surface area contributed by atoms with E-state index in [1.807, 2.05) is 42.3 Å². The van der Waals surface area contributed by atoms with Gasteiger partial charge in [-0.3, -0.25) is 4.79 Å². The molecule has 1 aliphatic carbocycles. The number of hydrogen-bond acceptors (Lipinski definition) is 5. The van der Waals surface area contributed by atoms with Crippen molar-refractivity contribution in [1.82, 2.24) is 19.0 Å². The summed E-state index contributed by atoms with van der Waals surface area (Å²) >= 11 is 0. The minimum absolute atomic E-state index is 0.0431. The number of ether oxygens (including phenoxy) is 1. The van der Waals surface area contributed by atoms with Gasteiger partial charge in [-0.25, -0.2) is 4.98 Å². The number of hydrogen-bond donors (Lipinski definition) is 2. The maximum atomic E-state index is 13.7. The number of nitrogens with zero attached hydrogens (tertiary/aromatic N) is 4. The molecule has 5 aromatic rings. The normalized spacial score (nSPS) is 17.7. The average molecular weight is 607 g/mol. The van der Waals surface area contributed by atoms with Crippen molar-refractivity contribution in [3.05, 3.63) is 71.8 Å². The number of piperidine rings is 1. The molecule has 2 fully saturated rings. The van der Waals surface area contributed by atoms with Gasteiger partial charge in [-0.15, -0.1) is 0 Å². The summed E-state index contributed by atoms with van der Waals surface area (Å²) in [5.74, 6) is 2.67. The molecule has 3 aromatic carbocycles. The van der Waals surface area contributed by atoms with Gasteiger partial charge in [-0.1, -0.05) is 49.7 Å². The van der Waals surface area contributed by atoms with Crippen LogP contribution in [0.25, 0.3) is 44.6 Å². The molecular weight excluding hydrogens is 564 g/mol. The van der Waals surface area contributed by atoms with Crippen LogP contribution in [0.2, 0.25) is 0 Å². The Balaban J connectivity index is 1.36. The standard InChI is InChI=1S/C37H42N4O4/c1-4-23-8-7-15-40(20-23)37(44)28-17-30-35(33(19-28)45-3)39(2)36(38-30)31-18-27-11-6-12-29(34(27)41(31)21-24-13-14-24)25-9-5-10-26(16-25)32(43)22-42/h5-6,9-12,16-19,23-24,32,42-43H,4,7-8,13-15,20-22H2,1-3H3/t23-,32?/m1/s1. The van der Waals surface area contributed by atoms with Gasteiger partial charge in [0.15, 0.2) is 5.82 Å². The highest BCUT2D eigenvalue weighted by molar-refractivity contribution is 6.01. The lowest BCUT2D eigenvalue weighted by Crippen LogP contribution is -2.39. The topological polar surface area (TPSA) is 92.8 Å². The van der Waals surface area contributed by atoms with Crippen LogP contribution in [0.15, 0.2) is 60.7 Å². The lowest BCUT2D eigenvalue weighted by atomic mass is 9.95. The van der Waals surface area contributed by atoms with E-state index in [4.69, 9.17) is 9.72 Å². The van der Waals surface area contributed by atoms with E-state index >= 15 is 0 Å². The van der Waals surface area contributed by atoms with Crippen LogP contribution in [0.5, 0.6) is 5.75 Å². The first kappa shape index (κ1) is 29.6. The zero-order chi connectivity index (χ0) is 31.2. The molecule has 1 saturated carbocycles. The second kappa shape index (κ2) is 12.0. The maximum absolute atomic E-state index is 13.7. The highest BCUT2D eigenvalue weighted by Crippen LogP contribution is 2.41. The molecule has 2 atom stereocenters. The first-order valence-corrected chi connectivity index (χ1v) is 16.3. The lowest BCUT2D eigenvalue weighted by Gasteiger charge is -2.32. The first-order chi connectivity index (χ1) is 21.9. The van der Waals surface area contributed by atoms with Gasteiger partial charge < -0.3 is 29.0 Å². The summed E-state index contributed by atoms with van der Waals surface area (Å²) in [6.45, 7) is 4.35. The van der Waals surface area contributed by atoms with Gasteiger partial charge in [0.05, 0.1) is 30.4 Å². The van der Waals surface area contributed by atoms with Crippen molar-refractivity contribution < 1.29 is 19.7 Å².